The summed E-state index contributed by atoms with van der Waals surface area (Å²) in [5.41, 5.74) is 1.02. The van der Waals surface area contributed by atoms with Gasteiger partial charge in [-0.15, -0.1) is 0 Å². The Hall–Kier alpha value is -1.76. The van der Waals surface area contributed by atoms with Crippen molar-refractivity contribution in [3.05, 3.63) is 58.1 Å². The highest BCUT2D eigenvalue weighted by molar-refractivity contribution is 7.89. The van der Waals surface area contributed by atoms with E-state index in [1.54, 1.807) is 37.3 Å². The van der Waals surface area contributed by atoms with Gasteiger partial charge in [-0.3, -0.25) is 0 Å². The average molecular weight is 387 g/mol. The number of nitrogens with one attached hydrogen (secondary N) is 1. The lowest BCUT2D eigenvalue weighted by Crippen LogP contribution is -2.20. The number of rotatable bonds is 6. The molecule has 0 aliphatic carbocycles. The highest BCUT2D eigenvalue weighted by Gasteiger charge is 2.14. The van der Waals surface area contributed by atoms with Crippen LogP contribution in [0, 0.1) is 0 Å². The largest absolute Gasteiger partial charge is 0.494 e. The first-order valence-corrected chi connectivity index (χ1v) is 9.32. The molecule has 2 rings (SSSR count). The normalized spacial score (nSPS) is 12.1. The lowest BCUT2D eigenvalue weighted by atomic mass is 10.1. The van der Waals surface area contributed by atoms with E-state index in [2.05, 4.69) is 9.93 Å². The minimum absolute atomic E-state index is 0.0877. The average Bonchev–Trinajstić information content (AvgIpc) is 2.53. The first-order valence-electron chi connectivity index (χ1n) is 7.08. The molecular formula is C16H16Cl2N2O3S. The molecule has 0 aliphatic rings. The molecule has 0 saturated carbocycles. The standard InChI is InChI=1S/C16H16Cl2N2O3S/c1-3-23-13-5-7-14(8-6-13)24(21,22)20-19-11(2)15-9-4-12(17)10-16(15)18/h4-10,20H,3H2,1-2H3. The molecule has 0 amide bonds. The Morgan fingerprint density at radius 2 is 1.83 bits per heavy atom. The van der Waals surface area contributed by atoms with Gasteiger partial charge in [0.1, 0.15) is 5.75 Å². The highest BCUT2D eigenvalue weighted by Crippen LogP contribution is 2.22. The van der Waals surface area contributed by atoms with Crippen LogP contribution in [0.1, 0.15) is 19.4 Å². The fraction of sp³-hybridized carbons (Fsp3) is 0.188. The smallest absolute Gasteiger partial charge is 0.276 e. The molecular weight excluding hydrogens is 371 g/mol. The molecule has 0 aromatic heterocycles. The van der Waals surface area contributed by atoms with E-state index in [0.29, 0.717) is 33.7 Å². The number of nitrogens with zero attached hydrogens (tertiary/aromatic N) is 1. The van der Waals surface area contributed by atoms with Crippen molar-refractivity contribution < 1.29 is 13.2 Å². The Bertz CT molecular complexity index is 850. The molecule has 2 aromatic carbocycles. The molecule has 0 bridgehead atoms. The SMILES string of the molecule is CCOc1ccc(S(=O)(=O)NN=C(C)c2ccc(Cl)cc2Cl)cc1. The quantitative estimate of drug-likeness (QED) is 0.600. The monoisotopic (exact) mass is 386 g/mol. The van der Waals surface area contributed by atoms with Gasteiger partial charge < -0.3 is 4.74 Å². The van der Waals surface area contributed by atoms with Crippen LogP contribution in [0.15, 0.2) is 52.5 Å². The molecule has 128 valence electrons. The fourth-order valence-corrected chi connectivity index (χ4v) is 3.31. The number of hydrogen-bond acceptors (Lipinski definition) is 4. The lowest BCUT2D eigenvalue weighted by Gasteiger charge is -2.08. The van der Waals surface area contributed by atoms with Crippen molar-refractivity contribution in [3.63, 3.8) is 0 Å². The third kappa shape index (κ3) is 4.63. The zero-order chi connectivity index (χ0) is 17.7. The highest BCUT2D eigenvalue weighted by atomic mass is 35.5. The molecule has 2 aromatic rings. The number of hydrazone groups is 1. The van der Waals surface area contributed by atoms with Crippen molar-refractivity contribution in [1.29, 1.82) is 0 Å². The molecule has 5 nitrogen and oxygen atoms in total. The molecule has 0 heterocycles. The van der Waals surface area contributed by atoms with Crippen molar-refractivity contribution in [2.75, 3.05) is 6.61 Å². The van der Waals surface area contributed by atoms with Crippen molar-refractivity contribution in [1.82, 2.24) is 4.83 Å². The summed E-state index contributed by atoms with van der Waals surface area (Å²) in [5.74, 6) is 0.601. The molecule has 0 unspecified atom stereocenters. The summed E-state index contributed by atoms with van der Waals surface area (Å²) < 4.78 is 29.8. The maximum atomic E-state index is 12.3. The topological polar surface area (TPSA) is 67.8 Å². The second-order valence-electron chi connectivity index (χ2n) is 4.82. The number of ether oxygens (including phenoxy) is 1. The van der Waals surface area contributed by atoms with Crippen molar-refractivity contribution in [2.24, 2.45) is 5.10 Å². The summed E-state index contributed by atoms with van der Waals surface area (Å²) in [6, 6.07) is 11.0. The van der Waals surface area contributed by atoms with E-state index >= 15 is 0 Å². The van der Waals surface area contributed by atoms with Gasteiger partial charge in [-0.05, 0) is 50.2 Å². The van der Waals surface area contributed by atoms with Gasteiger partial charge >= 0.3 is 0 Å². The van der Waals surface area contributed by atoms with E-state index in [1.807, 2.05) is 6.92 Å². The van der Waals surface area contributed by atoms with Crippen LogP contribution in [0.5, 0.6) is 5.75 Å². The number of hydrogen-bond donors (Lipinski definition) is 1. The summed E-state index contributed by atoms with van der Waals surface area (Å²) in [5, 5.41) is 4.80. The van der Waals surface area contributed by atoms with Crippen LogP contribution in [0.4, 0.5) is 0 Å². The Morgan fingerprint density at radius 1 is 1.17 bits per heavy atom. The molecule has 24 heavy (non-hydrogen) atoms. The third-order valence-electron chi connectivity index (χ3n) is 3.10. The van der Waals surface area contributed by atoms with E-state index in [0.717, 1.165) is 0 Å². The lowest BCUT2D eigenvalue weighted by molar-refractivity contribution is 0.340. The predicted octanol–water partition coefficient (Wildman–Crippen LogP) is 4.09. The molecule has 0 radical (unpaired) electrons. The van der Waals surface area contributed by atoms with Gasteiger partial charge in [0.25, 0.3) is 10.0 Å². The summed E-state index contributed by atoms with van der Waals surface area (Å²) >= 11 is 11.9. The van der Waals surface area contributed by atoms with Crippen LogP contribution in [0.3, 0.4) is 0 Å². The molecule has 8 heteroatoms. The van der Waals surface area contributed by atoms with Gasteiger partial charge in [0.15, 0.2) is 0 Å². The van der Waals surface area contributed by atoms with E-state index in [4.69, 9.17) is 27.9 Å². The van der Waals surface area contributed by atoms with Gasteiger partial charge in [0.05, 0.1) is 22.2 Å². The number of benzene rings is 2. The van der Waals surface area contributed by atoms with Crippen LogP contribution in [0.25, 0.3) is 0 Å². The molecule has 0 atom stereocenters. The maximum absolute atomic E-state index is 12.3. The Labute approximate surface area is 151 Å². The van der Waals surface area contributed by atoms with Gasteiger partial charge in [-0.2, -0.15) is 18.4 Å². The first-order chi connectivity index (χ1) is 11.3. The molecule has 1 N–H and O–H groups in total. The molecule has 0 spiro atoms. The van der Waals surface area contributed by atoms with E-state index in [9.17, 15) is 8.42 Å². The number of sulfonamides is 1. The summed E-state index contributed by atoms with van der Waals surface area (Å²) in [6.07, 6.45) is 0. The second-order valence-corrected chi connectivity index (χ2v) is 7.33. The van der Waals surface area contributed by atoms with E-state index < -0.39 is 10.0 Å². The van der Waals surface area contributed by atoms with Gasteiger partial charge in [0.2, 0.25) is 0 Å². The van der Waals surface area contributed by atoms with Gasteiger partial charge in [-0.1, -0.05) is 29.3 Å². The van der Waals surface area contributed by atoms with Crippen LogP contribution in [-0.4, -0.2) is 20.7 Å². The maximum Gasteiger partial charge on any atom is 0.276 e. The second kappa shape index (κ2) is 7.88. The third-order valence-corrected chi connectivity index (χ3v) is 4.87. The molecule has 0 saturated heterocycles. The van der Waals surface area contributed by atoms with Crippen molar-refractivity contribution in [2.45, 2.75) is 18.7 Å². The Kier molecular flexibility index (Phi) is 6.10. The summed E-state index contributed by atoms with van der Waals surface area (Å²) in [7, 11) is -3.78. The number of halogens is 2. The molecule has 0 aliphatic heterocycles. The van der Waals surface area contributed by atoms with Crippen LogP contribution in [0.2, 0.25) is 10.0 Å². The molecule has 0 fully saturated rings. The Morgan fingerprint density at radius 3 is 2.42 bits per heavy atom. The van der Waals surface area contributed by atoms with Crippen LogP contribution >= 0.6 is 23.2 Å². The zero-order valence-corrected chi connectivity index (χ0v) is 15.4. The summed E-state index contributed by atoms with van der Waals surface area (Å²) in [4.78, 5) is 2.28. The van der Waals surface area contributed by atoms with Crippen LogP contribution in [-0.2, 0) is 10.0 Å². The zero-order valence-electron chi connectivity index (χ0n) is 13.1. The van der Waals surface area contributed by atoms with Gasteiger partial charge in [0, 0.05) is 10.6 Å². The van der Waals surface area contributed by atoms with E-state index in [1.165, 1.54) is 12.1 Å². The van der Waals surface area contributed by atoms with E-state index in [-0.39, 0.29) is 4.90 Å². The Balaban J connectivity index is 2.19. The van der Waals surface area contributed by atoms with Crippen molar-refractivity contribution >= 4 is 38.9 Å². The predicted molar refractivity (Wildman–Crippen MR) is 96.6 cm³/mol. The summed E-state index contributed by atoms with van der Waals surface area (Å²) in [6.45, 7) is 4.01. The van der Waals surface area contributed by atoms with Gasteiger partial charge in [-0.25, -0.2) is 0 Å². The van der Waals surface area contributed by atoms with Crippen LogP contribution < -0.4 is 9.57 Å². The fourth-order valence-electron chi connectivity index (χ4n) is 1.91. The minimum atomic E-state index is -3.78. The van der Waals surface area contributed by atoms with Crippen molar-refractivity contribution in [3.8, 4) is 5.75 Å². The first kappa shape index (κ1) is 18.6. The minimum Gasteiger partial charge on any atom is -0.494 e.